The summed E-state index contributed by atoms with van der Waals surface area (Å²) in [6.07, 6.45) is 1.12. The summed E-state index contributed by atoms with van der Waals surface area (Å²) in [7, 11) is 8.22. The highest BCUT2D eigenvalue weighted by molar-refractivity contribution is 5.58. The Morgan fingerprint density at radius 1 is 1.10 bits per heavy atom. The van der Waals surface area contributed by atoms with Gasteiger partial charge in [0.05, 0.1) is 0 Å². The Morgan fingerprint density at radius 3 is 2.25 bits per heavy atom. The lowest BCUT2D eigenvalue weighted by molar-refractivity contribution is 0.401. The molecular formula is C15H29N5. The topological polar surface area (TPSA) is 44.3 Å². The van der Waals surface area contributed by atoms with Crippen molar-refractivity contribution < 1.29 is 0 Å². The second-order valence-electron chi connectivity index (χ2n) is 5.86. The van der Waals surface area contributed by atoms with E-state index < -0.39 is 0 Å². The first-order valence-electron chi connectivity index (χ1n) is 7.29. The average molecular weight is 279 g/mol. The van der Waals surface area contributed by atoms with Crippen LogP contribution in [0.15, 0.2) is 0 Å². The molecule has 1 aromatic heterocycles. The molecule has 0 radical (unpaired) electrons. The molecule has 1 N–H and O–H groups in total. The molecule has 5 heteroatoms. The number of nitrogens with one attached hydrogen (secondary N) is 1. The summed E-state index contributed by atoms with van der Waals surface area (Å²) < 4.78 is 0. The molecule has 20 heavy (non-hydrogen) atoms. The van der Waals surface area contributed by atoms with E-state index in [1.165, 1.54) is 0 Å². The molecule has 0 aliphatic heterocycles. The normalized spacial score (nSPS) is 11.2. The lowest BCUT2D eigenvalue weighted by atomic mass is 10.2. The van der Waals surface area contributed by atoms with Gasteiger partial charge in [0, 0.05) is 32.1 Å². The fourth-order valence-corrected chi connectivity index (χ4v) is 2.12. The Hall–Kier alpha value is -1.36. The molecule has 0 aliphatic rings. The summed E-state index contributed by atoms with van der Waals surface area (Å²) in [5.74, 6) is 3.19. The maximum atomic E-state index is 4.74. The lowest BCUT2D eigenvalue weighted by Crippen LogP contribution is -2.25. The van der Waals surface area contributed by atoms with Gasteiger partial charge in [0.25, 0.3) is 0 Å². The van der Waals surface area contributed by atoms with Gasteiger partial charge in [-0.2, -0.15) is 0 Å². The van der Waals surface area contributed by atoms with Gasteiger partial charge in [-0.05, 0) is 34.0 Å². The molecule has 1 heterocycles. The molecular weight excluding hydrogens is 250 g/mol. The van der Waals surface area contributed by atoms with Crippen molar-refractivity contribution in [1.82, 2.24) is 14.9 Å². The third-order valence-corrected chi connectivity index (χ3v) is 3.35. The van der Waals surface area contributed by atoms with E-state index in [0.29, 0.717) is 5.92 Å². The minimum absolute atomic E-state index is 0.330. The maximum absolute atomic E-state index is 4.74. The highest BCUT2D eigenvalue weighted by Gasteiger charge is 2.15. The van der Waals surface area contributed by atoms with Crippen molar-refractivity contribution >= 4 is 11.6 Å². The van der Waals surface area contributed by atoms with Crippen LogP contribution in [0.5, 0.6) is 0 Å². The predicted molar refractivity (Wildman–Crippen MR) is 86.8 cm³/mol. The smallest absolute Gasteiger partial charge is 0.137 e. The van der Waals surface area contributed by atoms with Gasteiger partial charge in [-0.15, -0.1) is 0 Å². The van der Waals surface area contributed by atoms with Gasteiger partial charge in [-0.1, -0.05) is 13.8 Å². The monoisotopic (exact) mass is 279 g/mol. The van der Waals surface area contributed by atoms with E-state index in [4.69, 9.17) is 4.98 Å². The zero-order chi connectivity index (χ0) is 15.3. The fraction of sp³-hybridized carbons (Fsp3) is 0.733. The zero-order valence-corrected chi connectivity index (χ0v) is 14.0. The van der Waals surface area contributed by atoms with E-state index in [0.717, 1.165) is 42.5 Å². The SMILES string of the molecule is CNc1nc(C(C)C)nc(N(C)CCCN(C)C)c1C. The van der Waals surface area contributed by atoms with Crippen molar-refractivity contribution in [3.8, 4) is 0 Å². The number of hydrogen-bond donors (Lipinski definition) is 1. The molecule has 1 rings (SSSR count). The summed E-state index contributed by atoms with van der Waals surface area (Å²) in [6.45, 7) is 8.41. The molecule has 0 amide bonds. The Labute approximate surface area is 123 Å². The van der Waals surface area contributed by atoms with E-state index >= 15 is 0 Å². The number of hydrogen-bond acceptors (Lipinski definition) is 5. The number of aromatic nitrogens is 2. The van der Waals surface area contributed by atoms with Crippen molar-refractivity contribution in [2.75, 3.05) is 51.5 Å². The van der Waals surface area contributed by atoms with Crippen LogP contribution in [-0.4, -0.2) is 56.1 Å². The molecule has 0 fully saturated rings. The highest BCUT2D eigenvalue weighted by Crippen LogP contribution is 2.25. The second-order valence-corrected chi connectivity index (χ2v) is 5.86. The Kier molecular flexibility index (Phi) is 6.20. The first-order chi connectivity index (χ1) is 9.36. The van der Waals surface area contributed by atoms with Gasteiger partial charge in [0.15, 0.2) is 0 Å². The quantitative estimate of drug-likeness (QED) is 0.830. The van der Waals surface area contributed by atoms with Crippen LogP contribution < -0.4 is 10.2 Å². The standard InChI is InChI=1S/C15H29N5/c1-11(2)13-17-14(16-4)12(3)15(18-13)20(7)10-8-9-19(5)6/h11H,8-10H2,1-7H3,(H,16,17,18). The van der Waals surface area contributed by atoms with Crippen LogP contribution in [0.3, 0.4) is 0 Å². The van der Waals surface area contributed by atoms with E-state index in [9.17, 15) is 0 Å². The molecule has 5 nitrogen and oxygen atoms in total. The molecule has 114 valence electrons. The van der Waals surface area contributed by atoms with Crippen molar-refractivity contribution in [1.29, 1.82) is 0 Å². The Balaban J connectivity index is 2.94. The summed E-state index contributed by atoms with van der Waals surface area (Å²) in [5, 5.41) is 3.17. The van der Waals surface area contributed by atoms with Gasteiger partial charge < -0.3 is 15.1 Å². The fourth-order valence-electron chi connectivity index (χ4n) is 2.12. The Bertz CT molecular complexity index is 429. The number of rotatable bonds is 7. The maximum Gasteiger partial charge on any atom is 0.137 e. The van der Waals surface area contributed by atoms with Gasteiger partial charge in [-0.3, -0.25) is 0 Å². The molecule has 0 saturated carbocycles. The molecule has 1 aromatic rings. The minimum Gasteiger partial charge on any atom is -0.373 e. The van der Waals surface area contributed by atoms with E-state index in [-0.39, 0.29) is 0 Å². The first kappa shape index (κ1) is 16.7. The minimum atomic E-state index is 0.330. The molecule has 0 atom stereocenters. The van der Waals surface area contributed by atoms with Crippen LogP contribution in [0.4, 0.5) is 11.6 Å². The van der Waals surface area contributed by atoms with Crippen molar-refractivity contribution in [2.45, 2.75) is 33.1 Å². The van der Waals surface area contributed by atoms with Crippen LogP contribution in [0.25, 0.3) is 0 Å². The second kappa shape index (κ2) is 7.43. The van der Waals surface area contributed by atoms with Crippen LogP contribution >= 0.6 is 0 Å². The van der Waals surface area contributed by atoms with Gasteiger partial charge in [0.2, 0.25) is 0 Å². The molecule has 0 unspecified atom stereocenters. The van der Waals surface area contributed by atoms with E-state index in [1.807, 2.05) is 7.05 Å². The molecule has 0 spiro atoms. The summed E-state index contributed by atoms with van der Waals surface area (Å²) in [5.41, 5.74) is 1.12. The third-order valence-electron chi connectivity index (χ3n) is 3.35. The molecule has 0 aromatic carbocycles. The molecule has 0 bridgehead atoms. The van der Waals surface area contributed by atoms with Gasteiger partial charge in [0.1, 0.15) is 17.5 Å². The Morgan fingerprint density at radius 2 is 1.75 bits per heavy atom. The highest BCUT2D eigenvalue weighted by atomic mass is 15.2. The zero-order valence-electron chi connectivity index (χ0n) is 14.0. The number of nitrogens with zero attached hydrogens (tertiary/aromatic N) is 4. The first-order valence-corrected chi connectivity index (χ1v) is 7.29. The molecule has 0 aliphatic carbocycles. The van der Waals surface area contributed by atoms with Crippen molar-refractivity contribution in [2.24, 2.45) is 0 Å². The summed E-state index contributed by atoms with van der Waals surface area (Å²) in [6, 6.07) is 0. The van der Waals surface area contributed by atoms with Gasteiger partial charge in [-0.25, -0.2) is 9.97 Å². The largest absolute Gasteiger partial charge is 0.373 e. The summed E-state index contributed by atoms with van der Waals surface area (Å²) in [4.78, 5) is 13.8. The van der Waals surface area contributed by atoms with Gasteiger partial charge >= 0.3 is 0 Å². The predicted octanol–water partition coefficient (Wildman–Crippen LogP) is 2.34. The number of anilines is 2. The lowest BCUT2D eigenvalue weighted by Gasteiger charge is -2.23. The van der Waals surface area contributed by atoms with E-state index in [2.05, 4.69) is 62.0 Å². The van der Waals surface area contributed by atoms with Crippen LogP contribution in [0.2, 0.25) is 0 Å². The molecule has 0 saturated heterocycles. The third kappa shape index (κ3) is 4.34. The van der Waals surface area contributed by atoms with E-state index in [1.54, 1.807) is 0 Å². The van der Waals surface area contributed by atoms with Crippen molar-refractivity contribution in [3.63, 3.8) is 0 Å². The van der Waals surface area contributed by atoms with Crippen LogP contribution in [-0.2, 0) is 0 Å². The summed E-state index contributed by atoms with van der Waals surface area (Å²) >= 11 is 0. The van der Waals surface area contributed by atoms with Crippen LogP contribution in [0.1, 0.15) is 37.6 Å². The average Bonchev–Trinajstić information content (AvgIpc) is 2.38. The van der Waals surface area contributed by atoms with Crippen molar-refractivity contribution in [3.05, 3.63) is 11.4 Å². The van der Waals surface area contributed by atoms with Crippen LogP contribution in [0, 0.1) is 6.92 Å².